The van der Waals surface area contributed by atoms with Crippen LogP contribution in [0.15, 0.2) is 54.6 Å². The molecule has 0 aromatic heterocycles. The summed E-state index contributed by atoms with van der Waals surface area (Å²) in [5.41, 5.74) is 1.55. The van der Waals surface area contributed by atoms with Gasteiger partial charge < -0.3 is 9.84 Å². The molecule has 0 bridgehead atoms. The van der Waals surface area contributed by atoms with Crippen molar-refractivity contribution >= 4 is 23.3 Å². The maximum absolute atomic E-state index is 12.4. The average molecular weight is 417 g/mol. The van der Waals surface area contributed by atoms with Crippen LogP contribution in [0.5, 0.6) is 5.75 Å². The lowest BCUT2D eigenvalue weighted by atomic mass is 10.1. The summed E-state index contributed by atoms with van der Waals surface area (Å²) in [6.07, 6.45) is -1.11. The van der Waals surface area contributed by atoms with Gasteiger partial charge in [0.1, 0.15) is 12.0 Å². The number of benzene rings is 2. The molecule has 2 aromatic carbocycles. The summed E-state index contributed by atoms with van der Waals surface area (Å²) >= 11 is 0. The summed E-state index contributed by atoms with van der Waals surface area (Å²) in [5, 5.41) is 31.9. The fraction of sp³-hybridized carbons (Fsp3) is 0.167. The van der Waals surface area contributed by atoms with Crippen molar-refractivity contribution in [3.8, 4) is 5.75 Å². The number of hydrogen-bond donors (Lipinski definition) is 2. The Bertz CT molecular complexity index is 974. The van der Waals surface area contributed by atoms with Crippen LogP contribution < -0.4 is 10.2 Å². The van der Waals surface area contributed by atoms with E-state index in [9.17, 15) is 34.9 Å². The molecule has 30 heavy (non-hydrogen) atoms. The first-order chi connectivity index (χ1) is 14.3. The normalized spacial score (nSPS) is 12.3. The number of nitro benzene ring substituents is 2. The second-order valence-electron chi connectivity index (χ2n) is 5.73. The van der Waals surface area contributed by atoms with Gasteiger partial charge in [-0.05, 0) is 11.6 Å². The number of carbonyl (C=O) groups excluding carboxylic acids is 2. The molecule has 0 unspecified atom stereocenters. The number of non-ortho nitro benzene ring substituents is 1. The van der Waals surface area contributed by atoms with Crippen LogP contribution in [0.4, 0.5) is 11.4 Å². The van der Waals surface area contributed by atoms with Crippen LogP contribution in [0.3, 0.4) is 0 Å². The number of hydroxylamine groups is 1. The molecule has 2 aromatic rings. The Kier molecular flexibility index (Phi) is 7.85. The number of aliphatic hydroxyl groups excluding tert-OH is 1. The molecule has 2 atom stereocenters. The van der Waals surface area contributed by atoms with Crippen molar-refractivity contribution in [2.24, 2.45) is 0 Å². The number of ether oxygens (including phenoxy) is 1. The third-order valence-electron chi connectivity index (χ3n) is 3.69. The van der Waals surface area contributed by atoms with Crippen molar-refractivity contribution in [2.75, 3.05) is 0 Å². The Hall–Kier alpha value is -3.96. The quantitative estimate of drug-likeness (QED) is 0.188. The molecular weight excluding hydrogens is 402 g/mol. The molecular formula is C18H15N3O9. The van der Waals surface area contributed by atoms with Gasteiger partial charge in [-0.1, -0.05) is 30.3 Å². The topological polar surface area (TPSA) is 171 Å². The first-order valence-corrected chi connectivity index (χ1v) is 8.28. The van der Waals surface area contributed by atoms with Gasteiger partial charge >= 0.3 is 11.7 Å². The van der Waals surface area contributed by atoms with Crippen molar-refractivity contribution in [1.82, 2.24) is 5.48 Å². The van der Waals surface area contributed by atoms with E-state index >= 15 is 0 Å². The van der Waals surface area contributed by atoms with E-state index in [1.807, 2.05) is 0 Å². The molecule has 0 aliphatic carbocycles. The van der Waals surface area contributed by atoms with Crippen molar-refractivity contribution < 1.29 is 34.1 Å². The minimum atomic E-state index is -1.73. The highest BCUT2D eigenvalue weighted by Crippen LogP contribution is 2.31. The molecule has 0 saturated heterocycles. The van der Waals surface area contributed by atoms with Crippen LogP contribution in [0.1, 0.15) is 5.56 Å². The molecule has 2 N–H and O–H groups in total. The van der Waals surface area contributed by atoms with E-state index in [0.29, 0.717) is 12.1 Å². The van der Waals surface area contributed by atoms with Gasteiger partial charge in [0.15, 0.2) is 6.04 Å². The second-order valence-corrected chi connectivity index (χ2v) is 5.73. The van der Waals surface area contributed by atoms with E-state index in [-0.39, 0.29) is 6.61 Å². The highest BCUT2D eigenvalue weighted by molar-refractivity contribution is 5.80. The summed E-state index contributed by atoms with van der Waals surface area (Å²) < 4.78 is 4.92. The van der Waals surface area contributed by atoms with E-state index < -0.39 is 45.1 Å². The zero-order valence-corrected chi connectivity index (χ0v) is 15.2. The first-order valence-electron chi connectivity index (χ1n) is 8.28. The molecule has 0 amide bonds. The van der Waals surface area contributed by atoms with E-state index in [1.165, 1.54) is 5.94 Å². The number of esters is 1. The van der Waals surface area contributed by atoms with E-state index in [2.05, 4.69) is 5.48 Å². The van der Waals surface area contributed by atoms with Gasteiger partial charge in [-0.25, -0.2) is 9.59 Å². The Balaban J connectivity index is 2.18. The first kappa shape index (κ1) is 22.3. The zero-order valence-electron chi connectivity index (χ0n) is 15.2. The fourth-order valence-electron chi connectivity index (χ4n) is 2.23. The number of hydrogen-bond acceptors (Lipinski definition) is 10. The highest BCUT2D eigenvalue weighted by atomic mass is 16.7. The summed E-state index contributed by atoms with van der Waals surface area (Å²) in [7, 11) is 0. The number of nitrogens with zero attached hydrogens (tertiary/aromatic N) is 2. The molecule has 0 fully saturated rings. The molecule has 0 saturated carbocycles. The number of carbonyl (C=O) groups is 1. The fourth-order valence-corrected chi connectivity index (χ4v) is 2.23. The monoisotopic (exact) mass is 417 g/mol. The molecule has 0 aliphatic heterocycles. The van der Waals surface area contributed by atoms with Gasteiger partial charge in [-0.15, -0.1) is 0 Å². The maximum atomic E-state index is 12.4. The highest BCUT2D eigenvalue weighted by Gasteiger charge is 2.31. The number of nitrogens with one attached hydrogen (secondary N) is 1. The Morgan fingerprint density at radius 3 is 2.47 bits per heavy atom. The van der Waals surface area contributed by atoms with Crippen molar-refractivity contribution in [2.45, 2.75) is 18.8 Å². The molecule has 0 aliphatic rings. The van der Waals surface area contributed by atoms with Crippen molar-refractivity contribution in [3.05, 3.63) is 80.4 Å². The number of nitro groups is 2. The molecule has 0 heterocycles. The predicted octanol–water partition coefficient (Wildman–Crippen LogP) is 1.25. The van der Waals surface area contributed by atoms with Gasteiger partial charge in [0.05, 0.1) is 22.5 Å². The molecule has 0 radical (unpaired) electrons. The predicted molar refractivity (Wildman–Crippen MR) is 99.8 cm³/mol. The van der Waals surface area contributed by atoms with Gasteiger partial charge in [0, 0.05) is 12.1 Å². The lowest BCUT2D eigenvalue weighted by molar-refractivity contribution is -0.394. The van der Waals surface area contributed by atoms with Crippen LogP contribution in [0, 0.1) is 20.2 Å². The number of rotatable bonds is 10. The Morgan fingerprint density at radius 1 is 1.17 bits per heavy atom. The third kappa shape index (κ3) is 6.02. The second kappa shape index (κ2) is 10.5. The minimum absolute atomic E-state index is 0.0141. The summed E-state index contributed by atoms with van der Waals surface area (Å²) in [5.74, 6) is -0.514. The van der Waals surface area contributed by atoms with Gasteiger partial charge in [0.25, 0.3) is 5.69 Å². The molecule has 156 valence electrons. The van der Waals surface area contributed by atoms with Crippen molar-refractivity contribution in [3.63, 3.8) is 0 Å². The molecule has 12 nitrogen and oxygen atoms in total. The average Bonchev–Trinajstić information content (AvgIpc) is 2.72. The Morgan fingerprint density at radius 2 is 1.87 bits per heavy atom. The van der Waals surface area contributed by atoms with Gasteiger partial charge in [-0.3, -0.25) is 25.1 Å². The van der Waals surface area contributed by atoms with E-state index in [4.69, 9.17) is 9.57 Å². The van der Waals surface area contributed by atoms with Crippen molar-refractivity contribution in [1.29, 1.82) is 0 Å². The third-order valence-corrected chi connectivity index (χ3v) is 3.69. The lowest BCUT2D eigenvalue weighted by Crippen LogP contribution is -2.47. The van der Waals surface area contributed by atoms with Gasteiger partial charge in [0.2, 0.25) is 5.75 Å². The largest absolute Gasteiger partial charge is 0.418 e. The molecule has 0 spiro atoms. The van der Waals surface area contributed by atoms with Crippen LogP contribution >= 0.6 is 0 Å². The van der Waals surface area contributed by atoms with Crippen LogP contribution in [-0.4, -0.2) is 39.0 Å². The summed E-state index contributed by atoms with van der Waals surface area (Å²) in [4.78, 5) is 48.2. The van der Waals surface area contributed by atoms with Crippen LogP contribution in [0.2, 0.25) is 0 Å². The smallest absolute Gasteiger partial charge is 0.334 e. The van der Waals surface area contributed by atoms with E-state index in [1.54, 1.807) is 30.3 Å². The maximum Gasteiger partial charge on any atom is 0.334 e. The SMILES string of the molecule is O=C=C[C@@H](O)[C@H](NOCc1ccccc1)C(=O)Oc1ccc([N+](=O)[O-])cc1[N+](=O)[O-]. The molecule has 12 heteroatoms. The molecule has 2 rings (SSSR count). The standard InChI is InChI=1S/C18H15N3O9/c22-9-8-15(23)17(19-29-11-12-4-2-1-3-5-12)18(24)30-16-7-6-13(20(25)26)10-14(16)21(27)28/h1-8,10,15,17,19,23H,11H2/t15-,17+/m1/s1. The van der Waals surface area contributed by atoms with Gasteiger partial charge in [-0.2, -0.15) is 5.48 Å². The van der Waals surface area contributed by atoms with Crippen LogP contribution in [-0.2, 0) is 21.0 Å². The minimum Gasteiger partial charge on any atom is -0.418 e. The zero-order chi connectivity index (χ0) is 22.1. The summed E-state index contributed by atoms with van der Waals surface area (Å²) in [6.45, 7) is -0.0141. The number of aliphatic hydroxyl groups is 1. The van der Waals surface area contributed by atoms with Crippen LogP contribution in [0.25, 0.3) is 0 Å². The lowest BCUT2D eigenvalue weighted by Gasteiger charge is -2.19. The Labute approximate surface area is 168 Å². The summed E-state index contributed by atoms with van der Waals surface area (Å²) in [6, 6.07) is 9.51. The van der Waals surface area contributed by atoms with E-state index in [0.717, 1.165) is 17.7 Å².